The third-order valence-corrected chi connectivity index (χ3v) is 4.36. The number of fused-ring (bicyclic) bond motifs is 1. The number of nitrogen functional groups attached to an aromatic ring is 1. The number of anilines is 1. The van der Waals surface area contributed by atoms with Crippen molar-refractivity contribution in [1.82, 2.24) is 19.5 Å². The van der Waals surface area contributed by atoms with E-state index >= 15 is 0 Å². The number of aliphatic hydroxyl groups is 3. The molecule has 0 spiro atoms. The zero-order valence-corrected chi connectivity index (χ0v) is 13.1. The van der Waals surface area contributed by atoms with E-state index in [2.05, 4.69) is 30.9 Å². The second-order valence-electron chi connectivity index (χ2n) is 4.62. The van der Waals surface area contributed by atoms with Crippen molar-refractivity contribution in [1.29, 1.82) is 0 Å². The smallest absolute Gasteiger partial charge is 0.280 e. The molecule has 12 nitrogen and oxygen atoms in total. The number of aliphatic hydroxyl groups excluding tert-OH is 3. The Morgan fingerprint density at radius 2 is 2.13 bits per heavy atom. The number of nitrogens with zero attached hydrogens (tertiary/aromatic N) is 3. The van der Waals surface area contributed by atoms with Crippen molar-refractivity contribution in [2.45, 2.75) is 22.9 Å². The van der Waals surface area contributed by atoms with Gasteiger partial charge in [-0.25, -0.2) is 4.98 Å². The summed E-state index contributed by atoms with van der Waals surface area (Å²) in [6, 6.07) is 0. The molecule has 1 fully saturated rings. The summed E-state index contributed by atoms with van der Waals surface area (Å²) in [5.74, 6) is -0.128. The number of H-pyrrole nitrogens is 1. The highest BCUT2D eigenvalue weighted by Gasteiger charge is 2.54. The van der Waals surface area contributed by atoms with Crippen molar-refractivity contribution in [3.8, 4) is 0 Å². The highest BCUT2D eigenvalue weighted by atomic mass is 79.9. The molecule has 4 atom stereocenters. The van der Waals surface area contributed by atoms with Gasteiger partial charge in [0.2, 0.25) is 10.6 Å². The van der Waals surface area contributed by atoms with E-state index in [1.165, 1.54) is 10.9 Å². The van der Waals surface area contributed by atoms with Gasteiger partial charge in [0.25, 0.3) is 5.56 Å². The molecular formula is C10H16BrN5O7. The Bertz CT molecular complexity index is 751. The number of aromatic nitrogens is 4. The Balaban J connectivity index is 0.00000132. The predicted octanol–water partition coefficient (Wildman–Crippen LogP) is -3.83. The maximum absolute atomic E-state index is 11.7. The van der Waals surface area contributed by atoms with Crippen LogP contribution in [0.5, 0.6) is 0 Å². The van der Waals surface area contributed by atoms with Gasteiger partial charge in [0.1, 0.15) is 24.6 Å². The second-order valence-corrected chi connectivity index (χ2v) is 5.76. The minimum absolute atomic E-state index is 0. The number of imidazole rings is 1. The van der Waals surface area contributed by atoms with Gasteiger partial charge in [0.15, 0.2) is 11.2 Å². The standard InChI is InChI=1S/C10H12BrN5O5.2H2O/c11-10(6(19)5(18)3(1-17)21-10)16-2-13-4-7(16)14-9(12)15-8(4)20;;/h2-3,5-6,17-19H,1H2,(H3,12,14,15,20);2*1H2/t3-,5-,6-,10+;;/m1../s1. The molecular weight excluding hydrogens is 382 g/mol. The first kappa shape index (κ1) is 19.4. The lowest BCUT2D eigenvalue weighted by Gasteiger charge is -2.27. The Labute approximate surface area is 136 Å². The molecule has 3 rings (SSSR count). The molecule has 0 bridgehead atoms. The molecule has 2 aromatic heterocycles. The van der Waals surface area contributed by atoms with Crippen LogP contribution in [0.2, 0.25) is 0 Å². The zero-order valence-electron chi connectivity index (χ0n) is 11.5. The number of halogens is 1. The van der Waals surface area contributed by atoms with Crippen LogP contribution in [0.3, 0.4) is 0 Å². The van der Waals surface area contributed by atoms with Gasteiger partial charge in [-0.2, -0.15) is 4.98 Å². The van der Waals surface area contributed by atoms with Gasteiger partial charge in [-0.1, -0.05) is 0 Å². The van der Waals surface area contributed by atoms with Gasteiger partial charge in [-0.05, 0) is 15.9 Å². The van der Waals surface area contributed by atoms with Crippen molar-refractivity contribution in [2.24, 2.45) is 0 Å². The molecule has 0 aliphatic carbocycles. The summed E-state index contributed by atoms with van der Waals surface area (Å²) in [5, 5.41) is 29.2. The lowest BCUT2D eigenvalue weighted by Crippen LogP contribution is -2.40. The summed E-state index contributed by atoms with van der Waals surface area (Å²) < 4.78 is 5.06. The van der Waals surface area contributed by atoms with Crippen molar-refractivity contribution < 1.29 is 31.0 Å². The van der Waals surface area contributed by atoms with Crippen molar-refractivity contribution in [3.63, 3.8) is 0 Å². The molecule has 0 unspecified atom stereocenters. The van der Waals surface area contributed by atoms with E-state index in [0.29, 0.717) is 0 Å². The molecule has 0 saturated carbocycles. The number of ether oxygens (including phenoxy) is 1. The average molecular weight is 398 g/mol. The normalized spacial score (nSPS) is 30.0. The van der Waals surface area contributed by atoms with E-state index in [1.54, 1.807) is 0 Å². The van der Waals surface area contributed by atoms with E-state index in [0.717, 1.165) is 0 Å². The van der Waals surface area contributed by atoms with Gasteiger partial charge in [0.05, 0.1) is 6.61 Å². The number of alkyl halides is 1. The van der Waals surface area contributed by atoms with Crippen LogP contribution in [0, 0.1) is 0 Å². The summed E-state index contributed by atoms with van der Waals surface area (Å²) in [6.07, 6.45) is -2.53. The van der Waals surface area contributed by atoms with E-state index in [4.69, 9.17) is 15.6 Å². The topological polar surface area (TPSA) is 223 Å². The van der Waals surface area contributed by atoms with Gasteiger partial charge >= 0.3 is 0 Å². The highest BCUT2D eigenvalue weighted by molar-refractivity contribution is 9.09. The number of hydrogen-bond donors (Lipinski definition) is 5. The molecule has 3 heterocycles. The molecule has 130 valence electrons. The van der Waals surface area contributed by atoms with Gasteiger partial charge in [-0.15, -0.1) is 0 Å². The number of nitrogens with two attached hydrogens (primary N) is 1. The van der Waals surface area contributed by atoms with Crippen LogP contribution in [0.15, 0.2) is 11.1 Å². The molecule has 2 aromatic rings. The van der Waals surface area contributed by atoms with Crippen LogP contribution < -0.4 is 11.3 Å². The Morgan fingerprint density at radius 1 is 1.48 bits per heavy atom. The number of rotatable bonds is 2. The van der Waals surface area contributed by atoms with E-state index < -0.39 is 35.1 Å². The second kappa shape index (κ2) is 6.48. The van der Waals surface area contributed by atoms with Gasteiger partial charge < -0.3 is 36.7 Å². The van der Waals surface area contributed by atoms with Crippen LogP contribution in [-0.2, 0) is 9.37 Å². The molecule has 23 heavy (non-hydrogen) atoms. The van der Waals surface area contributed by atoms with Crippen LogP contribution in [0.4, 0.5) is 5.95 Å². The first-order chi connectivity index (χ1) is 9.88. The summed E-state index contributed by atoms with van der Waals surface area (Å²) in [7, 11) is 0. The Kier molecular flexibility index (Phi) is 5.48. The zero-order chi connectivity index (χ0) is 15.4. The summed E-state index contributed by atoms with van der Waals surface area (Å²) >= 11 is 3.18. The minimum Gasteiger partial charge on any atom is -0.412 e. The Morgan fingerprint density at radius 3 is 2.70 bits per heavy atom. The Hall–Kier alpha value is -1.61. The van der Waals surface area contributed by atoms with Crippen LogP contribution >= 0.6 is 15.9 Å². The lowest BCUT2D eigenvalue weighted by molar-refractivity contribution is -0.0722. The highest BCUT2D eigenvalue weighted by Crippen LogP contribution is 2.41. The lowest BCUT2D eigenvalue weighted by atomic mass is 10.1. The number of nitrogens with one attached hydrogen (secondary N) is 1. The quantitative estimate of drug-likeness (QED) is 0.314. The van der Waals surface area contributed by atoms with Crippen LogP contribution in [0.1, 0.15) is 0 Å². The summed E-state index contributed by atoms with van der Waals surface area (Å²) in [4.78, 5) is 21.9. The first-order valence-corrected chi connectivity index (χ1v) is 6.75. The maximum Gasteiger partial charge on any atom is 0.280 e. The third-order valence-electron chi connectivity index (χ3n) is 3.32. The molecule has 10 N–H and O–H groups in total. The summed E-state index contributed by atoms with van der Waals surface area (Å²) in [5.41, 5.74) is 5.02. The summed E-state index contributed by atoms with van der Waals surface area (Å²) in [6.45, 7) is -0.492. The molecule has 1 saturated heterocycles. The molecule has 1 aliphatic heterocycles. The molecule has 0 aromatic carbocycles. The van der Waals surface area contributed by atoms with Crippen LogP contribution in [-0.4, -0.2) is 70.7 Å². The average Bonchev–Trinajstić information content (AvgIpc) is 2.95. The third kappa shape index (κ3) is 2.72. The molecule has 0 amide bonds. The van der Waals surface area contributed by atoms with Gasteiger partial charge in [-0.3, -0.25) is 14.3 Å². The fourth-order valence-electron chi connectivity index (χ4n) is 2.26. The van der Waals surface area contributed by atoms with Gasteiger partial charge in [0, 0.05) is 0 Å². The fourth-order valence-corrected chi connectivity index (χ4v) is 3.03. The molecule has 0 radical (unpaired) electrons. The SMILES string of the molecule is Nc1nc2c(ncn2[C@]2(Br)O[C@H](CO)[C@@H](O)[C@H]2O)c(=O)[nH]1.O.O. The monoisotopic (exact) mass is 397 g/mol. The number of hydrogen-bond acceptors (Lipinski definition) is 8. The fraction of sp³-hybridized carbons (Fsp3) is 0.500. The largest absolute Gasteiger partial charge is 0.412 e. The first-order valence-electron chi connectivity index (χ1n) is 5.95. The van der Waals surface area contributed by atoms with Crippen molar-refractivity contribution in [3.05, 3.63) is 16.7 Å². The van der Waals surface area contributed by atoms with E-state index in [9.17, 15) is 15.0 Å². The maximum atomic E-state index is 11.7. The number of aromatic amines is 1. The van der Waals surface area contributed by atoms with Crippen molar-refractivity contribution in [2.75, 3.05) is 12.3 Å². The minimum atomic E-state index is -1.62. The van der Waals surface area contributed by atoms with E-state index in [1.807, 2.05) is 0 Å². The van der Waals surface area contributed by atoms with Crippen LogP contribution in [0.25, 0.3) is 11.2 Å². The predicted molar refractivity (Wildman–Crippen MR) is 80.7 cm³/mol. The van der Waals surface area contributed by atoms with E-state index in [-0.39, 0.29) is 28.1 Å². The molecule has 13 heteroatoms. The van der Waals surface area contributed by atoms with Crippen molar-refractivity contribution >= 4 is 33.0 Å². The molecule has 1 aliphatic rings.